The zero-order valence-corrected chi connectivity index (χ0v) is 15.3. The second kappa shape index (κ2) is 7.89. The van der Waals surface area contributed by atoms with E-state index in [9.17, 15) is 9.18 Å². The summed E-state index contributed by atoms with van der Waals surface area (Å²) in [5.74, 6) is -0.517. The van der Waals surface area contributed by atoms with E-state index in [-0.39, 0.29) is 24.2 Å². The first-order valence-electron chi connectivity index (χ1n) is 9.20. The molecule has 146 valence electrons. The van der Waals surface area contributed by atoms with Crippen LogP contribution in [0.25, 0.3) is 11.2 Å². The Bertz CT molecular complexity index is 991. The number of ether oxygens (including phenoxy) is 1. The first-order valence-corrected chi connectivity index (χ1v) is 9.20. The van der Waals surface area contributed by atoms with Crippen LogP contribution in [0.3, 0.4) is 0 Å². The van der Waals surface area contributed by atoms with Crippen LogP contribution in [0.5, 0.6) is 5.75 Å². The molecule has 28 heavy (non-hydrogen) atoms. The molecule has 2 aromatic heterocycles. The number of rotatable bonds is 6. The fraction of sp³-hybridized carbons (Fsp3) is 0.368. The number of carbonyl (C=O) groups excluding carboxylic acids is 1. The van der Waals surface area contributed by atoms with Gasteiger partial charge in [-0.15, -0.1) is 0 Å². The number of nitrogens with zero attached hydrogens (tertiary/aromatic N) is 5. The van der Waals surface area contributed by atoms with Crippen LogP contribution in [0.15, 0.2) is 36.7 Å². The normalized spacial score (nSPS) is 16.6. The van der Waals surface area contributed by atoms with Crippen LogP contribution in [0.1, 0.15) is 18.0 Å². The van der Waals surface area contributed by atoms with Crippen LogP contribution >= 0.6 is 0 Å². The fourth-order valence-corrected chi connectivity index (χ4v) is 3.48. The van der Waals surface area contributed by atoms with Crippen LogP contribution in [-0.4, -0.2) is 56.8 Å². The van der Waals surface area contributed by atoms with Crippen LogP contribution in [0.2, 0.25) is 0 Å². The number of hydrogen-bond acceptors (Lipinski definition) is 6. The Balaban J connectivity index is 1.45. The molecular formula is C19H21FN6O2. The minimum atomic E-state index is -0.481. The molecule has 1 aliphatic heterocycles. The average molecular weight is 384 g/mol. The van der Waals surface area contributed by atoms with E-state index in [2.05, 4.69) is 15.1 Å². The molecule has 1 fully saturated rings. The smallest absolute Gasteiger partial charge is 0.260 e. The molecule has 9 heteroatoms. The van der Waals surface area contributed by atoms with Gasteiger partial charge in [-0.2, -0.15) is 5.10 Å². The van der Waals surface area contributed by atoms with Crippen molar-refractivity contribution in [3.8, 4) is 5.75 Å². The van der Waals surface area contributed by atoms with Gasteiger partial charge in [0.1, 0.15) is 5.52 Å². The molecule has 0 aliphatic carbocycles. The maximum absolute atomic E-state index is 13.6. The maximum atomic E-state index is 13.6. The van der Waals surface area contributed by atoms with Crippen LogP contribution < -0.4 is 10.5 Å². The second-order valence-corrected chi connectivity index (χ2v) is 6.67. The van der Waals surface area contributed by atoms with Crippen molar-refractivity contribution in [2.24, 2.45) is 5.73 Å². The Morgan fingerprint density at radius 3 is 2.93 bits per heavy atom. The van der Waals surface area contributed by atoms with E-state index in [1.165, 1.54) is 12.1 Å². The number of para-hydroxylation sites is 1. The van der Waals surface area contributed by atoms with Crippen molar-refractivity contribution in [1.29, 1.82) is 0 Å². The van der Waals surface area contributed by atoms with Crippen LogP contribution in [0, 0.1) is 5.82 Å². The molecule has 3 heterocycles. The van der Waals surface area contributed by atoms with Crippen molar-refractivity contribution in [2.75, 3.05) is 26.2 Å². The highest BCUT2D eigenvalue weighted by Gasteiger charge is 2.31. The van der Waals surface area contributed by atoms with Crippen LogP contribution in [-0.2, 0) is 11.3 Å². The molecule has 4 rings (SSSR count). The summed E-state index contributed by atoms with van der Waals surface area (Å²) >= 11 is 0. The van der Waals surface area contributed by atoms with E-state index in [1.54, 1.807) is 34.1 Å². The highest BCUT2D eigenvalue weighted by molar-refractivity contribution is 5.79. The molecule has 1 aliphatic rings. The van der Waals surface area contributed by atoms with Crippen molar-refractivity contribution < 1.29 is 13.9 Å². The summed E-state index contributed by atoms with van der Waals surface area (Å²) < 4.78 is 20.7. The predicted molar refractivity (Wildman–Crippen MR) is 100 cm³/mol. The molecule has 0 radical (unpaired) electrons. The number of aromatic nitrogens is 4. The molecule has 0 bridgehead atoms. The Labute approximate surface area is 161 Å². The van der Waals surface area contributed by atoms with Crippen molar-refractivity contribution in [3.05, 3.63) is 48.2 Å². The van der Waals surface area contributed by atoms with Gasteiger partial charge in [0.05, 0.1) is 12.2 Å². The standard InChI is InChI=1S/C19H21FN6O2/c20-14-3-1-2-4-15(14)28-12-16(27)25-9-5-13(11-25)17-18-19(23-8-7-22-18)26(24-17)10-6-21/h1-4,7-8,13H,5-6,9-12,21H2/t13-/m0/s1. The summed E-state index contributed by atoms with van der Waals surface area (Å²) in [6, 6.07) is 6.05. The van der Waals surface area contributed by atoms with Gasteiger partial charge in [0, 0.05) is 37.9 Å². The van der Waals surface area contributed by atoms with Crippen LogP contribution in [0.4, 0.5) is 4.39 Å². The Morgan fingerprint density at radius 2 is 2.11 bits per heavy atom. The monoisotopic (exact) mass is 384 g/mol. The molecule has 0 saturated carbocycles. The summed E-state index contributed by atoms with van der Waals surface area (Å²) in [6.07, 6.45) is 4.04. The van der Waals surface area contributed by atoms with Gasteiger partial charge >= 0.3 is 0 Å². The minimum Gasteiger partial charge on any atom is -0.481 e. The second-order valence-electron chi connectivity index (χ2n) is 6.67. The molecule has 8 nitrogen and oxygen atoms in total. The lowest BCUT2D eigenvalue weighted by Crippen LogP contribution is -2.33. The van der Waals surface area contributed by atoms with Crippen molar-refractivity contribution in [3.63, 3.8) is 0 Å². The quantitative estimate of drug-likeness (QED) is 0.688. The zero-order chi connectivity index (χ0) is 19.5. The van der Waals surface area contributed by atoms with Gasteiger partial charge < -0.3 is 15.4 Å². The van der Waals surface area contributed by atoms with E-state index in [1.807, 2.05) is 0 Å². The number of amides is 1. The van der Waals surface area contributed by atoms with Gasteiger partial charge in [0.2, 0.25) is 0 Å². The minimum absolute atomic E-state index is 0.0654. The summed E-state index contributed by atoms with van der Waals surface area (Å²) in [5.41, 5.74) is 7.95. The Morgan fingerprint density at radius 1 is 1.29 bits per heavy atom. The summed E-state index contributed by atoms with van der Waals surface area (Å²) in [7, 11) is 0. The summed E-state index contributed by atoms with van der Waals surface area (Å²) in [4.78, 5) is 23.0. The Hall–Kier alpha value is -3.07. The first-order chi connectivity index (χ1) is 13.7. The van der Waals surface area contributed by atoms with Gasteiger partial charge in [0.25, 0.3) is 5.91 Å². The van der Waals surface area contributed by atoms with Gasteiger partial charge in [-0.3, -0.25) is 4.79 Å². The number of fused-ring (bicyclic) bond motifs is 1. The molecule has 1 amide bonds. The summed E-state index contributed by atoms with van der Waals surface area (Å²) in [5, 5.41) is 4.65. The van der Waals surface area contributed by atoms with Gasteiger partial charge in [-0.25, -0.2) is 19.0 Å². The largest absolute Gasteiger partial charge is 0.481 e. The highest BCUT2D eigenvalue weighted by Crippen LogP contribution is 2.30. The average Bonchev–Trinajstić information content (AvgIpc) is 3.33. The highest BCUT2D eigenvalue weighted by atomic mass is 19.1. The Kier molecular flexibility index (Phi) is 5.16. The third kappa shape index (κ3) is 3.53. The predicted octanol–water partition coefficient (Wildman–Crippen LogP) is 1.32. The molecule has 1 aromatic carbocycles. The number of nitrogens with two attached hydrogens (primary N) is 1. The van der Waals surface area contributed by atoms with Gasteiger partial charge in [-0.05, 0) is 18.6 Å². The number of hydrogen-bond donors (Lipinski definition) is 1. The molecule has 2 N–H and O–H groups in total. The van der Waals surface area contributed by atoms with Gasteiger partial charge in [0.15, 0.2) is 23.8 Å². The lowest BCUT2D eigenvalue weighted by atomic mass is 10.0. The molecule has 3 aromatic rings. The lowest BCUT2D eigenvalue weighted by Gasteiger charge is -2.16. The SMILES string of the molecule is NCCn1nc([C@H]2CCN(C(=O)COc3ccccc3F)C2)c2nccnc21. The molecular weight excluding hydrogens is 363 g/mol. The molecule has 0 unspecified atom stereocenters. The molecule has 1 atom stereocenters. The molecule has 1 saturated heterocycles. The van der Waals surface area contributed by atoms with E-state index in [0.717, 1.165) is 17.6 Å². The van der Waals surface area contributed by atoms with E-state index < -0.39 is 5.82 Å². The topological polar surface area (TPSA) is 99.2 Å². The van der Waals surface area contributed by atoms with E-state index in [0.29, 0.717) is 31.8 Å². The summed E-state index contributed by atoms with van der Waals surface area (Å²) in [6.45, 7) is 1.92. The van der Waals surface area contributed by atoms with Gasteiger partial charge in [-0.1, -0.05) is 12.1 Å². The number of halogens is 1. The van der Waals surface area contributed by atoms with E-state index in [4.69, 9.17) is 10.5 Å². The fourth-order valence-electron chi connectivity index (χ4n) is 3.48. The number of benzene rings is 1. The van der Waals surface area contributed by atoms with Crippen molar-refractivity contribution in [1.82, 2.24) is 24.6 Å². The third-order valence-corrected chi connectivity index (χ3v) is 4.85. The first kappa shape index (κ1) is 18.3. The number of likely N-dealkylation sites (tertiary alicyclic amines) is 1. The third-order valence-electron chi connectivity index (χ3n) is 4.85. The van der Waals surface area contributed by atoms with Crippen molar-refractivity contribution >= 4 is 17.1 Å². The molecule has 0 spiro atoms. The number of carbonyl (C=O) groups is 1. The zero-order valence-electron chi connectivity index (χ0n) is 15.3. The lowest BCUT2D eigenvalue weighted by molar-refractivity contribution is -0.132. The maximum Gasteiger partial charge on any atom is 0.260 e. The van der Waals surface area contributed by atoms with E-state index >= 15 is 0 Å². The van der Waals surface area contributed by atoms with Crippen molar-refractivity contribution in [2.45, 2.75) is 18.9 Å².